The number of likely N-dealkylation sites (tertiary alicyclic amines) is 1. The fourth-order valence-electron chi connectivity index (χ4n) is 4.97. The third-order valence-corrected chi connectivity index (χ3v) is 7.02. The molecule has 0 aliphatic carbocycles. The lowest BCUT2D eigenvalue weighted by atomic mass is 9.90. The van der Waals surface area contributed by atoms with Crippen molar-refractivity contribution in [3.63, 3.8) is 0 Å². The van der Waals surface area contributed by atoms with E-state index in [2.05, 4.69) is 10.5 Å². The molecule has 4 atom stereocenters. The van der Waals surface area contributed by atoms with Crippen LogP contribution >= 0.6 is 0 Å². The number of esters is 1. The quantitative estimate of drug-likeness (QED) is 0.131. The largest absolute Gasteiger partial charge is 0.486 e. The molecule has 1 aromatic rings. The van der Waals surface area contributed by atoms with Crippen molar-refractivity contribution in [3.05, 3.63) is 29.3 Å². The van der Waals surface area contributed by atoms with E-state index >= 15 is 0 Å². The van der Waals surface area contributed by atoms with Gasteiger partial charge in [-0.05, 0) is 112 Å². The smallest absolute Gasteiger partial charge is 0.431 e. The number of aryl methyl sites for hydroxylation is 1. The molecule has 0 spiro atoms. The van der Waals surface area contributed by atoms with Gasteiger partial charge >= 0.3 is 18.2 Å². The zero-order valence-electron chi connectivity index (χ0n) is 28.2. The Morgan fingerprint density at radius 2 is 1.62 bits per heavy atom. The lowest BCUT2D eigenvalue weighted by molar-refractivity contribution is -0.205. The van der Waals surface area contributed by atoms with E-state index in [1.54, 1.807) is 74.4 Å². The Hall–Kier alpha value is -3.58. The zero-order valence-corrected chi connectivity index (χ0v) is 28.2. The van der Waals surface area contributed by atoms with Crippen LogP contribution < -0.4 is 16.0 Å². The SMILES string of the molecule is CC(C)(C)OC(=O)NO[C@](C)(C(=O)OC(C)(C)C)[C@H]1CCc2cc(C(N)=NC3C[C@@H](CO)N(C(=O)OC(C)(C)C)C3)ccc2O1. The van der Waals surface area contributed by atoms with E-state index in [1.807, 2.05) is 6.07 Å². The number of aliphatic imine (C=N–C) groups is 1. The summed E-state index contributed by atoms with van der Waals surface area (Å²) >= 11 is 0. The summed E-state index contributed by atoms with van der Waals surface area (Å²) in [5.74, 6) is 0.109. The minimum Gasteiger partial charge on any atom is -0.486 e. The van der Waals surface area contributed by atoms with Crippen LogP contribution in [0.4, 0.5) is 9.59 Å². The number of ether oxygens (including phenoxy) is 4. The first-order valence-electron chi connectivity index (χ1n) is 15.2. The topological polar surface area (TPSA) is 171 Å². The molecule has 2 amide bonds. The number of hydroxylamine groups is 1. The number of carbonyl (C=O) groups is 3. The van der Waals surface area contributed by atoms with Crippen LogP contribution in [0.25, 0.3) is 0 Å². The van der Waals surface area contributed by atoms with Gasteiger partial charge in [0.05, 0.1) is 18.7 Å². The number of hydrogen-bond acceptors (Lipinski definition) is 10. The molecule has 2 heterocycles. The summed E-state index contributed by atoms with van der Waals surface area (Å²) in [4.78, 5) is 50.2. The third kappa shape index (κ3) is 9.95. The third-order valence-electron chi connectivity index (χ3n) is 7.02. The lowest BCUT2D eigenvalue weighted by Crippen LogP contribution is -2.58. The lowest BCUT2D eigenvalue weighted by Gasteiger charge is -2.39. The summed E-state index contributed by atoms with van der Waals surface area (Å²) in [7, 11) is 0. The summed E-state index contributed by atoms with van der Waals surface area (Å²) in [6.07, 6.45) is -0.828. The van der Waals surface area contributed by atoms with Gasteiger partial charge in [-0.2, -0.15) is 5.48 Å². The van der Waals surface area contributed by atoms with Crippen molar-refractivity contribution in [1.82, 2.24) is 10.4 Å². The summed E-state index contributed by atoms with van der Waals surface area (Å²) in [5.41, 5.74) is 6.21. The summed E-state index contributed by atoms with van der Waals surface area (Å²) < 4.78 is 22.6. The fourth-order valence-corrected chi connectivity index (χ4v) is 4.97. The first kappa shape index (κ1) is 35.9. The van der Waals surface area contributed by atoms with Crippen LogP contribution in [0, 0.1) is 0 Å². The number of nitrogens with zero attached hydrogens (tertiary/aromatic N) is 2. The molecular formula is C32H50N4O9. The van der Waals surface area contributed by atoms with Crippen molar-refractivity contribution in [2.75, 3.05) is 13.2 Å². The van der Waals surface area contributed by atoms with Gasteiger partial charge in [-0.25, -0.2) is 19.2 Å². The molecule has 1 saturated heterocycles. The van der Waals surface area contributed by atoms with E-state index in [1.165, 1.54) is 11.8 Å². The number of benzene rings is 1. The number of fused-ring (bicyclic) bond motifs is 1. The normalized spacial score (nSPS) is 22.1. The average Bonchev–Trinajstić information content (AvgIpc) is 3.31. The molecule has 2 aliphatic rings. The molecule has 1 aromatic carbocycles. The van der Waals surface area contributed by atoms with Crippen LogP contribution in [-0.2, 0) is 30.3 Å². The number of nitrogens with one attached hydrogen (secondary N) is 1. The van der Waals surface area contributed by atoms with Gasteiger partial charge < -0.3 is 34.7 Å². The molecular weight excluding hydrogens is 584 g/mol. The molecule has 13 nitrogen and oxygen atoms in total. The second-order valence-electron chi connectivity index (χ2n) is 14.7. The maximum absolute atomic E-state index is 13.4. The van der Waals surface area contributed by atoms with Crippen molar-refractivity contribution >= 4 is 24.0 Å². The van der Waals surface area contributed by atoms with Crippen molar-refractivity contribution < 1.29 is 43.3 Å². The predicted molar refractivity (Wildman–Crippen MR) is 167 cm³/mol. The van der Waals surface area contributed by atoms with Crippen molar-refractivity contribution in [2.24, 2.45) is 10.7 Å². The molecule has 0 bridgehead atoms. The Morgan fingerprint density at radius 3 is 2.20 bits per heavy atom. The van der Waals surface area contributed by atoms with Crippen molar-refractivity contribution in [1.29, 1.82) is 0 Å². The maximum atomic E-state index is 13.4. The molecule has 0 radical (unpaired) electrons. The van der Waals surface area contributed by atoms with Crippen LogP contribution in [0.1, 0.15) is 93.2 Å². The highest BCUT2D eigenvalue weighted by Crippen LogP contribution is 2.35. The number of amides is 2. The molecule has 45 heavy (non-hydrogen) atoms. The molecule has 1 fully saturated rings. The van der Waals surface area contributed by atoms with Gasteiger partial charge in [0, 0.05) is 12.1 Å². The van der Waals surface area contributed by atoms with Gasteiger partial charge in [0.15, 0.2) is 0 Å². The Kier molecular flexibility index (Phi) is 10.7. The van der Waals surface area contributed by atoms with Crippen molar-refractivity contribution in [2.45, 2.75) is 129 Å². The number of nitrogens with two attached hydrogens (primary N) is 1. The molecule has 1 unspecified atom stereocenters. The zero-order chi connectivity index (χ0) is 34.0. The monoisotopic (exact) mass is 634 g/mol. The highest BCUT2D eigenvalue weighted by molar-refractivity contribution is 5.98. The van der Waals surface area contributed by atoms with E-state index in [9.17, 15) is 19.5 Å². The Labute approximate surface area is 265 Å². The van der Waals surface area contributed by atoms with E-state index in [0.717, 1.165) is 5.56 Å². The molecule has 0 aromatic heterocycles. The van der Waals surface area contributed by atoms with Crippen LogP contribution in [0.2, 0.25) is 0 Å². The van der Waals surface area contributed by atoms with Crippen molar-refractivity contribution in [3.8, 4) is 5.75 Å². The molecule has 252 valence electrons. The maximum Gasteiger partial charge on any atom is 0.431 e. The highest BCUT2D eigenvalue weighted by Gasteiger charge is 2.50. The minimum atomic E-state index is -1.70. The van der Waals surface area contributed by atoms with E-state index in [4.69, 9.17) is 29.5 Å². The predicted octanol–water partition coefficient (Wildman–Crippen LogP) is 4.01. The van der Waals surface area contributed by atoms with Crippen LogP contribution in [0.5, 0.6) is 5.75 Å². The van der Waals surface area contributed by atoms with Gasteiger partial charge in [-0.1, -0.05) is 0 Å². The van der Waals surface area contributed by atoms with E-state index < -0.39 is 52.7 Å². The van der Waals surface area contributed by atoms with Crippen LogP contribution in [-0.4, -0.2) is 87.7 Å². The molecule has 2 aliphatic heterocycles. The van der Waals surface area contributed by atoms with Gasteiger partial charge in [0.1, 0.15) is 34.5 Å². The Bertz CT molecular complexity index is 1280. The first-order chi connectivity index (χ1) is 20.6. The molecule has 13 heteroatoms. The molecule has 4 N–H and O–H groups in total. The Balaban J connectivity index is 1.77. The summed E-state index contributed by atoms with van der Waals surface area (Å²) in [6, 6.07) is 4.65. The van der Waals surface area contributed by atoms with Crippen LogP contribution in [0.15, 0.2) is 23.2 Å². The number of aliphatic hydroxyl groups is 1. The van der Waals surface area contributed by atoms with Gasteiger partial charge in [-0.15, -0.1) is 0 Å². The standard InChI is InChI=1S/C32H50N4O9/c1-29(2,3)42-26(38)32(10,45-35-27(39)43-30(4,5)6)24-14-12-19-15-20(11-13-23(19)41-24)25(33)34-21-16-22(18-37)36(17-21)28(40)44-31(7,8)9/h11,13,15,21-22,24,37H,12,14,16-18H2,1-10H3,(H2,33,34)(H,35,39)/t21?,22-,24+,32-/m0/s1. The second kappa shape index (κ2) is 13.4. The van der Waals surface area contributed by atoms with E-state index in [0.29, 0.717) is 30.6 Å². The minimum absolute atomic E-state index is 0.207. The van der Waals surface area contributed by atoms with Gasteiger partial charge in [0.2, 0.25) is 5.60 Å². The van der Waals surface area contributed by atoms with E-state index in [-0.39, 0.29) is 25.0 Å². The second-order valence-corrected chi connectivity index (χ2v) is 14.7. The Morgan fingerprint density at radius 1 is 1.00 bits per heavy atom. The number of carbonyl (C=O) groups excluding carboxylic acids is 3. The first-order valence-corrected chi connectivity index (χ1v) is 15.2. The number of rotatable bonds is 7. The number of hydrogen-bond donors (Lipinski definition) is 3. The van der Waals surface area contributed by atoms with Crippen LogP contribution in [0.3, 0.4) is 0 Å². The fraction of sp³-hybridized carbons (Fsp3) is 0.688. The summed E-state index contributed by atoms with van der Waals surface area (Å²) in [5, 5.41) is 9.85. The summed E-state index contributed by atoms with van der Waals surface area (Å²) in [6.45, 7) is 17.3. The highest BCUT2D eigenvalue weighted by atomic mass is 16.7. The van der Waals surface area contributed by atoms with Gasteiger partial charge in [-0.3, -0.25) is 4.99 Å². The molecule has 0 saturated carbocycles. The average molecular weight is 635 g/mol. The number of amidine groups is 1. The molecule has 3 rings (SSSR count). The van der Waals surface area contributed by atoms with Gasteiger partial charge in [0.25, 0.3) is 0 Å². The number of aliphatic hydroxyl groups excluding tert-OH is 1.